The van der Waals surface area contributed by atoms with Crippen molar-refractivity contribution in [3.63, 3.8) is 0 Å². The van der Waals surface area contributed by atoms with Gasteiger partial charge in [0.15, 0.2) is 6.10 Å². The summed E-state index contributed by atoms with van der Waals surface area (Å²) in [5.41, 5.74) is 3.57. The van der Waals surface area contributed by atoms with E-state index < -0.39 is 6.10 Å². The fourth-order valence-electron chi connectivity index (χ4n) is 2.90. The van der Waals surface area contributed by atoms with Crippen molar-refractivity contribution in [2.24, 2.45) is 0 Å². The zero-order valence-corrected chi connectivity index (χ0v) is 14.7. The number of anilines is 1. The Kier molecular flexibility index (Phi) is 5.01. The molecule has 0 radical (unpaired) electrons. The van der Waals surface area contributed by atoms with Crippen molar-refractivity contribution in [1.29, 1.82) is 0 Å². The van der Waals surface area contributed by atoms with E-state index >= 15 is 0 Å². The summed E-state index contributed by atoms with van der Waals surface area (Å²) < 4.78 is 6.70. The highest BCUT2D eigenvalue weighted by Gasteiger charge is 2.18. The molecule has 120 valence electrons. The van der Waals surface area contributed by atoms with Gasteiger partial charge in [0, 0.05) is 10.2 Å². The number of fused-ring (bicyclic) bond motifs is 1. The number of hydrogen-bond acceptors (Lipinski definition) is 2. The van der Waals surface area contributed by atoms with Crippen LogP contribution >= 0.6 is 15.9 Å². The van der Waals surface area contributed by atoms with Gasteiger partial charge >= 0.3 is 0 Å². The average molecular weight is 374 g/mol. The molecule has 1 aliphatic rings. The first-order chi connectivity index (χ1) is 11.1. The summed E-state index contributed by atoms with van der Waals surface area (Å²) in [5.74, 6) is 0.567. The third-order valence-corrected chi connectivity index (χ3v) is 4.68. The Morgan fingerprint density at radius 1 is 1.13 bits per heavy atom. The van der Waals surface area contributed by atoms with Gasteiger partial charge in [-0.25, -0.2) is 0 Å². The second kappa shape index (κ2) is 7.18. The number of benzene rings is 2. The molecular weight excluding hydrogens is 354 g/mol. The molecule has 0 bridgehead atoms. The molecule has 2 aromatic carbocycles. The fraction of sp³-hybridized carbons (Fsp3) is 0.316. The second-order valence-electron chi connectivity index (χ2n) is 5.85. The topological polar surface area (TPSA) is 38.3 Å². The largest absolute Gasteiger partial charge is 0.481 e. The highest BCUT2D eigenvalue weighted by Crippen LogP contribution is 2.28. The molecule has 1 amide bonds. The molecule has 0 aliphatic heterocycles. The summed E-state index contributed by atoms with van der Waals surface area (Å²) in [5, 5.41) is 3.03. The number of carbonyl (C=O) groups excluding carboxylic acids is 1. The number of aryl methyl sites for hydroxylation is 1. The van der Waals surface area contributed by atoms with E-state index in [1.54, 1.807) is 6.92 Å². The highest BCUT2D eigenvalue weighted by molar-refractivity contribution is 9.10. The predicted octanol–water partition coefficient (Wildman–Crippen LogP) is 4.73. The summed E-state index contributed by atoms with van der Waals surface area (Å²) in [6.45, 7) is 1.77. The van der Waals surface area contributed by atoms with Crippen molar-refractivity contribution in [3.8, 4) is 5.75 Å². The van der Waals surface area contributed by atoms with Crippen LogP contribution < -0.4 is 10.1 Å². The van der Waals surface area contributed by atoms with Gasteiger partial charge in [0.2, 0.25) is 0 Å². The normalized spacial score (nSPS) is 14.7. The zero-order valence-electron chi connectivity index (χ0n) is 13.1. The van der Waals surface area contributed by atoms with Gasteiger partial charge in [-0.15, -0.1) is 0 Å². The maximum Gasteiger partial charge on any atom is 0.265 e. The summed E-state index contributed by atoms with van der Waals surface area (Å²) in [4.78, 5) is 12.4. The van der Waals surface area contributed by atoms with Crippen LogP contribution in [0.25, 0.3) is 0 Å². The molecule has 1 aliphatic carbocycles. The van der Waals surface area contributed by atoms with Gasteiger partial charge in [-0.2, -0.15) is 0 Å². The van der Waals surface area contributed by atoms with Crippen LogP contribution in [0.4, 0.5) is 5.69 Å². The molecular formula is C19H20BrNO2. The minimum absolute atomic E-state index is 0.119. The van der Waals surface area contributed by atoms with E-state index in [2.05, 4.69) is 27.3 Å². The maximum atomic E-state index is 12.4. The molecule has 2 aromatic rings. The Labute approximate surface area is 145 Å². The first-order valence-corrected chi connectivity index (χ1v) is 8.76. The van der Waals surface area contributed by atoms with E-state index in [9.17, 15) is 4.79 Å². The number of carbonyl (C=O) groups is 1. The third kappa shape index (κ3) is 3.94. The van der Waals surface area contributed by atoms with E-state index in [0.29, 0.717) is 5.75 Å². The Hall–Kier alpha value is -1.81. The minimum atomic E-state index is -0.546. The smallest absolute Gasteiger partial charge is 0.265 e. The standard InChI is InChI=1S/C19H20BrNO2/c1-13(23-16-11-9-15(20)10-12-16)19(22)21-18-8-4-6-14-5-2-3-7-17(14)18/h4,6,8-13H,2-3,5,7H2,1H3,(H,21,22). The number of rotatable bonds is 4. The lowest BCUT2D eigenvalue weighted by Crippen LogP contribution is -2.30. The lowest BCUT2D eigenvalue weighted by molar-refractivity contribution is -0.122. The average Bonchev–Trinajstić information content (AvgIpc) is 2.57. The molecule has 0 heterocycles. The van der Waals surface area contributed by atoms with Crippen molar-refractivity contribution in [2.45, 2.75) is 38.7 Å². The van der Waals surface area contributed by atoms with Crippen molar-refractivity contribution >= 4 is 27.5 Å². The minimum Gasteiger partial charge on any atom is -0.481 e. The van der Waals surface area contributed by atoms with Crippen LogP contribution in [0.15, 0.2) is 46.9 Å². The van der Waals surface area contributed by atoms with E-state index in [1.807, 2.05) is 36.4 Å². The van der Waals surface area contributed by atoms with E-state index in [0.717, 1.165) is 23.0 Å². The van der Waals surface area contributed by atoms with Crippen molar-refractivity contribution in [1.82, 2.24) is 0 Å². The summed E-state index contributed by atoms with van der Waals surface area (Å²) in [6.07, 6.45) is 4.01. The third-order valence-electron chi connectivity index (χ3n) is 4.15. The van der Waals surface area contributed by atoms with Crippen molar-refractivity contribution in [3.05, 3.63) is 58.1 Å². The summed E-state index contributed by atoms with van der Waals surface area (Å²) in [6, 6.07) is 13.6. The van der Waals surface area contributed by atoms with Gasteiger partial charge in [0.1, 0.15) is 5.75 Å². The SMILES string of the molecule is CC(Oc1ccc(Br)cc1)C(=O)Nc1cccc2c1CCCC2. The van der Waals surface area contributed by atoms with Crippen LogP contribution in [0.3, 0.4) is 0 Å². The Balaban J connectivity index is 1.68. The van der Waals surface area contributed by atoms with E-state index in [-0.39, 0.29) is 5.91 Å². The molecule has 4 heteroatoms. The van der Waals surface area contributed by atoms with Crippen molar-refractivity contribution < 1.29 is 9.53 Å². The maximum absolute atomic E-state index is 12.4. The molecule has 1 atom stereocenters. The van der Waals surface area contributed by atoms with Crippen molar-refractivity contribution in [2.75, 3.05) is 5.32 Å². The zero-order chi connectivity index (χ0) is 16.2. The van der Waals surface area contributed by atoms with Crippen LogP contribution in [-0.2, 0) is 17.6 Å². The molecule has 0 aromatic heterocycles. The van der Waals surface area contributed by atoms with Gasteiger partial charge in [-0.3, -0.25) is 4.79 Å². The monoisotopic (exact) mass is 373 g/mol. The van der Waals surface area contributed by atoms with Gasteiger partial charge in [0.05, 0.1) is 0 Å². The van der Waals surface area contributed by atoms with E-state index in [1.165, 1.54) is 24.0 Å². The molecule has 0 saturated heterocycles. The van der Waals surface area contributed by atoms with Crippen LogP contribution in [-0.4, -0.2) is 12.0 Å². The molecule has 23 heavy (non-hydrogen) atoms. The van der Waals surface area contributed by atoms with Crippen LogP contribution in [0.1, 0.15) is 30.9 Å². The molecule has 1 N–H and O–H groups in total. The van der Waals surface area contributed by atoms with Gasteiger partial charge < -0.3 is 10.1 Å². The van der Waals surface area contributed by atoms with Gasteiger partial charge in [0.25, 0.3) is 5.91 Å². The van der Waals surface area contributed by atoms with Crippen LogP contribution in [0.5, 0.6) is 5.75 Å². The molecule has 0 spiro atoms. The highest BCUT2D eigenvalue weighted by atomic mass is 79.9. The molecule has 3 rings (SSSR count). The number of ether oxygens (including phenoxy) is 1. The first kappa shape index (κ1) is 16.1. The number of nitrogens with one attached hydrogen (secondary N) is 1. The lowest BCUT2D eigenvalue weighted by atomic mass is 9.90. The predicted molar refractivity (Wildman–Crippen MR) is 95.9 cm³/mol. The fourth-order valence-corrected chi connectivity index (χ4v) is 3.17. The molecule has 0 fully saturated rings. The van der Waals surface area contributed by atoms with Crippen LogP contribution in [0, 0.1) is 0 Å². The van der Waals surface area contributed by atoms with Crippen LogP contribution in [0.2, 0.25) is 0 Å². The number of halogens is 1. The molecule has 1 unspecified atom stereocenters. The van der Waals surface area contributed by atoms with Gasteiger partial charge in [-0.05, 0) is 74.1 Å². The second-order valence-corrected chi connectivity index (χ2v) is 6.77. The molecule has 3 nitrogen and oxygen atoms in total. The Bertz CT molecular complexity index is 697. The molecule has 0 saturated carbocycles. The number of hydrogen-bond donors (Lipinski definition) is 1. The Morgan fingerprint density at radius 3 is 2.65 bits per heavy atom. The quantitative estimate of drug-likeness (QED) is 0.840. The number of amides is 1. The summed E-state index contributed by atoms with van der Waals surface area (Å²) in [7, 11) is 0. The van der Waals surface area contributed by atoms with Gasteiger partial charge in [-0.1, -0.05) is 28.1 Å². The Morgan fingerprint density at radius 2 is 1.87 bits per heavy atom. The first-order valence-electron chi connectivity index (χ1n) is 7.97. The van der Waals surface area contributed by atoms with E-state index in [4.69, 9.17) is 4.74 Å². The lowest BCUT2D eigenvalue weighted by Gasteiger charge is -2.21. The summed E-state index contributed by atoms with van der Waals surface area (Å²) >= 11 is 3.38.